The van der Waals surface area contributed by atoms with Gasteiger partial charge in [-0.15, -0.1) is 30.6 Å². The van der Waals surface area contributed by atoms with Gasteiger partial charge in [0.15, 0.2) is 5.96 Å². The fourth-order valence-electron chi connectivity index (χ4n) is 2.77. The van der Waals surface area contributed by atoms with Crippen molar-refractivity contribution in [2.75, 3.05) is 46.8 Å². The molecule has 8 heteroatoms. The molecule has 1 fully saturated rings. The normalized spacial score (nSPS) is 15.8. The van der Waals surface area contributed by atoms with Gasteiger partial charge in [-0.1, -0.05) is 6.08 Å². The van der Waals surface area contributed by atoms with Gasteiger partial charge in [-0.2, -0.15) is 0 Å². The number of carbonyl (C=O) groups excluding carboxylic acids is 1. The molecule has 0 aliphatic carbocycles. The van der Waals surface area contributed by atoms with Crippen molar-refractivity contribution >= 4 is 35.8 Å². The molecule has 0 aromatic carbocycles. The Balaban J connectivity index is 0.00000338. The van der Waals surface area contributed by atoms with Gasteiger partial charge >= 0.3 is 0 Å². The molecule has 0 bridgehead atoms. The third-order valence-electron chi connectivity index (χ3n) is 4.20. The maximum absolute atomic E-state index is 11.8. The Bertz CT molecular complexity index is 568. The third-order valence-corrected chi connectivity index (χ3v) is 4.20. The summed E-state index contributed by atoms with van der Waals surface area (Å²) in [6.45, 7) is 7.19. The van der Waals surface area contributed by atoms with Crippen molar-refractivity contribution in [2.24, 2.45) is 4.99 Å². The van der Waals surface area contributed by atoms with Crippen LogP contribution in [0.5, 0.6) is 0 Å². The highest BCUT2D eigenvalue weighted by atomic mass is 127. The smallest absolute Gasteiger partial charge is 0.243 e. The van der Waals surface area contributed by atoms with Gasteiger partial charge < -0.3 is 20.0 Å². The Labute approximate surface area is 172 Å². The molecule has 0 radical (unpaired) electrons. The fraction of sp³-hybridized carbons (Fsp3) is 0.556. The number of amides is 1. The van der Waals surface area contributed by atoms with E-state index in [4.69, 9.17) is 4.42 Å². The minimum Gasteiger partial charge on any atom is -0.468 e. The number of guanidine groups is 1. The number of aliphatic imine (C=N–C) groups is 1. The van der Waals surface area contributed by atoms with Gasteiger partial charge in [0.1, 0.15) is 12.3 Å². The number of hydrogen-bond donors (Lipinski definition) is 2. The molecule has 1 aliphatic rings. The Hall–Kier alpha value is -1.55. The lowest BCUT2D eigenvalue weighted by Crippen LogP contribution is -2.43. The molecule has 1 aromatic heterocycles. The highest BCUT2D eigenvalue weighted by molar-refractivity contribution is 14.0. The first-order valence-corrected chi connectivity index (χ1v) is 8.72. The predicted octanol–water partition coefficient (Wildman–Crippen LogP) is 1.84. The third kappa shape index (κ3) is 6.99. The van der Waals surface area contributed by atoms with Crippen molar-refractivity contribution in [2.45, 2.75) is 18.9 Å². The molecule has 2 N–H and O–H groups in total. The molecule has 1 aliphatic heterocycles. The van der Waals surface area contributed by atoms with Crippen LogP contribution >= 0.6 is 24.0 Å². The Morgan fingerprint density at radius 2 is 2.15 bits per heavy atom. The predicted molar refractivity (Wildman–Crippen MR) is 115 cm³/mol. The molecule has 26 heavy (non-hydrogen) atoms. The molecule has 1 aromatic rings. The standard InChI is InChI=1S/C18H29N5O2.HI/c1-4-9-19-18(21-14-17(24)22(2)3)20-13-15(16-8-7-12-25-16)23-10-5-6-11-23;/h4,7-8,12,15H,1,5-6,9-11,13-14H2,2-3H3,(H2,19,20,21);1H. The first-order valence-electron chi connectivity index (χ1n) is 8.72. The van der Waals surface area contributed by atoms with E-state index < -0.39 is 0 Å². The molecule has 0 saturated carbocycles. The molecule has 1 atom stereocenters. The van der Waals surface area contributed by atoms with Crippen LogP contribution in [0.1, 0.15) is 24.6 Å². The van der Waals surface area contributed by atoms with Gasteiger partial charge in [-0.3, -0.25) is 9.69 Å². The van der Waals surface area contributed by atoms with Crippen LogP contribution in [0.4, 0.5) is 0 Å². The monoisotopic (exact) mass is 475 g/mol. The van der Waals surface area contributed by atoms with Crippen molar-refractivity contribution in [1.82, 2.24) is 20.4 Å². The minimum atomic E-state index is -0.0400. The maximum Gasteiger partial charge on any atom is 0.243 e. The number of rotatable bonds is 8. The zero-order chi connectivity index (χ0) is 18.1. The van der Waals surface area contributed by atoms with E-state index in [9.17, 15) is 4.79 Å². The van der Waals surface area contributed by atoms with Crippen LogP contribution in [-0.4, -0.2) is 68.5 Å². The maximum atomic E-state index is 11.8. The highest BCUT2D eigenvalue weighted by Gasteiger charge is 2.25. The van der Waals surface area contributed by atoms with Crippen LogP contribution in [-0.2, 0) is 4.79 Å². The van der Waals surface area contributed by atoms with Gasteiger partial charge in [-0.05, 0) is 38.1 Å². The number of likely N-dealkylation sites (N-methyl/N-ethyl adjacent to an activating group) is 1. The van der Waals surface area contributed by atoms with Crippen molar-refractivity contribution in [3.8, 4) is 0 Å². The second-order valence-corrected chi connectivity index (χ2v) is 6.28. The van der Waals surface area contributed by atoms with Gasteiger partial charge in [0.05, 0.1) is 12.3 Å². The zero-order valence-electron chi connectivity index (χ0n) is 15.6. The molecule has 7 nitrogen and oxygen atoms in total. The van der Waals surface area contributed by atoms with Gasteiger partial charge in [0, 0.05) is 27.2 Å². The summed E-state index contributed by atoms with van der Waals surface area (Å²) in [4.78, 5) is 20.1. The lowest BCUT2D eigenvalue weighted by molar-refractivity contribution is -0.127. The number of furan rings is 1. The minimum absolute atomic E-state index is 0. The number of hydrogen-bond acceptors (Lipinski definition) is 4. The second kappa shape index (κ2) is 11.9. The number of nitrogens with zero attached hydrogens (tertiary/aromatic N) is 3. The van der Waals surface area contributed by atoms with Crippen molar-refractivity contribution in [3.63, 3.8) is 0 Å². The van der Waals surface area contributed by atoms with Crippen molar-refractivity contribution in [1.29, 1.82) is 0 Å². The van der Waals surface area contributed by atoms with E-state index >= 15 is 0 Å². The first kappa shape index (κ1) is 22.5. The molecule has 146 valence electrons. The SMILES string of the molecule is C=CCNC(=NCC(=O)N(C)C)NCC(c1ccco1)N1CCCC1.I. The zero-order valence-corrected chi connectivity index (χ0v) is 17.9. The average Bonchev–Trinajstić information content (AvgIpc) is 3.30. The summed E-state index contributed by atoms with van der Waals surface area (Å²) in [6, 6.07) is 4.07. The summed E-state index contributed by atoms with van der Waals surface area (Å²) in [7, 11) is 3.45. The lowest BCUT2D eigenvalue weighted by Gasteiger charge is -2.26. The lowest BCUT2D eigenvalue weighted by atomic mass is 10.2. The van der Waals surface area contributed by atoms with E-state index in [1.165, 1.54) is 17.7 Å². The molecule has 1 unspecified atom stereocenters. The topological polar surface area (TPSA) is 73.1 Å². The fourth-order valence-corrected chi connectivity index (χ4v) is 2.77. The summed E-state index contributed by atoms with van der Waals surface area (Å²) in [5.74, 6) is 1.51. The summed E-state index contributed by atoms with van der Waals surface area (Å²) in [6.07, 6.45) is 5.89. The quantitative estimate of drug-likeness (QED) is 0.260. The second-order valence-electron chi connectivity index (χ2n) is 6.28. The summed E-state index contributed by atoms with van der Waals surface area (Å²) in [5, 5.41) is 6.49. The highest BCUT2D eigenvalue weighted by Crippen LogP contribution is 2.24. The average molecular weight is 475 g/mol. The molecule has 0 spiro atoms. The largest absolute Gasteiger partial charge is 0.468 e. The number of carbonyl (C=O) groups is 1. The summed E-state index contributed by atoms with van der Waals surface area (Å²) in [5.41, 5.74) is 0. The van der Waals surface area contributed by atoms with E-state index in [0.29, 0.717) is 19.0 Å². The number of nitrogens with one attached hydrogen (secondary N) is 2. The van der Waals surface area contributed by atoms with Crippen LogP contribution in [0, 0.1) is 0 Å². The van der Waals surface area contributed by atoms with E-state index in [-0.39, 0.29) is 42.5 Å². The number of halogens is 1. The Morgan fingerprint density at radius 3 is 2.73 bits per heavy atom. The molecule has 2 rings (SSSR count). The summed E-state index contributed by atoms with van der Waals surface area (Å²) >= 11 is 0. The molecule has 1 amide bonds. The Kier molecular flexibility index (Phi) is 10.3. The Morgan fingerprint density at radius 1 is 1.42 bits per heavy atom. The van der Waals surface area contributed by atoms with Crippen molar-refractivity contribution < 1.29 is 9.21 Å². The molecule has 2 heterocycles. The van der Waals surface area contributed by atoms with Crippen molar-refractivity contribution in [3.05, 3.63) is 36.8 Å². The first-order chi connectivity index (χ1) is 12.1. The van der Waals surface area contributed by atoms with Crippen LogP contribution in [0.3, 0.4) is 0 Å². The van der Waals surface area contributed by atoms with Gasteiger partial charge in [0.2, 0.25) is 5.91 Å². The summed E-state index contributed by atoms with van der Waals surface area (Å²) < 4.78 is 5.63. The van der Waals surface area contributed by atoms with E-state index in [0.717, 1.165) is 18.8 Å². The van der Waals surface area contributed by atoms with E-state index in [1.807, 2.05) is 12.1 Å². The van der Waals surface area contributed by atoms with Gasteiger partial charge in [-0.25, -0.2) is 4.99 Å². The van der Waals surface area contributed by atoms with Crippen LogP contribution in [0.25, 0.3) is 0 Å². The van der Waals surface area contributed by atoms with E-state index in [2.05, 4.69) is 27.1 Å². The van der Waals surface area contributed by atoms with Crippen LogP contribution in [0.15, 0.2) is 40.5 Å². The molecular weight excluding hydrogens is 445 g/mol. The molecule has 1 saturated heterocycles. The molecular formula is C18H30IN5O2. The van der Waals surface area contributed by atoms with Crippen LogP contribution in [0.2, 0.25) is 0 Å². The van der Waals surface area contributed by atoms with Crippen LogP contribution < -0.4 is 10.6 Å². The number of likely N-dealkylation sites (tertiary alicyclic amines) is 1. The van der Waals surface area contributed by atoms with Gasteiger partial charge in [0.25, 0.3) is 0 Å². The van der Waals surface area contributed by atoms with E-state index in [1.54, 1.807) is 26.4 Å².